The molecule has 2 aromatic rings. The Bertz CT molecular complexity index is 557. The molecule has 6 nitrogen and oxygen atoms in total. The van der Waals surface area contributed by atoms with E-state index in [0.29, 0.717) is 18.2 Å². The lowest BCUT2D eigenvalue weighted by Gasteiger charge is -2.26. The van der Waals surface area contributed by atoms with E-state index in [-0.39, 0.29) is 5.78 Å². The molecule has 0 spiro atoms. The van der Waals surface area contributed by atoms with Crippen LogP contribution in [0.2, 0.25) is 0 Å². The Labute approximate surface area is 97.8 Å². The maximum absolute atomic E-state index is 11.2. The maximum Gasteiger partial charge on any atom is 0.196 e. The first kappa shape index (κ1) is 10.1. The molecule has 0 N–H and O–H groups in total. The van der Waals surface area contributed by atoms with Crippen LogP contribution in [0.4, 0.5) is 5.88 Å². The van der Waals surface area contributed by atoms with Crippen LogP contribution in [0.5, 0.6) is 0 Å². The summed E-state index contributed by atoms with van der Waals surface area (Å²) in [6.07, 6.45) is 1.73. The molecule has 0 aliphatic carbocycles. The average Bonchev–Trinajstić information content (AvgIpc) is 2.97. The van der Waals surface area contributed by atoms with Crippen molar-refractivity contribution in [2.75, 3.05) is 11.4 Å². The number of furan rings is 1. The van der Waals surface area contributed by atoms with Crippen LogP contribution in [-0.4, -0.2) is 27.1 Å². The van der Waals surface area contributed by atoms with E-state index in [1.54, 1.807) is 12.4 Å². The fourth-order valence-electron chi connectivity index (χ4n) is 1.94. The van der Waals surface area contributed by atoms with Gasteiger partial charge in [0.25, 0.3) is 0 Å². The second-order valence-electron chi connectivity index (χ2n) is 4.06. The number of fused-ring (bicyclic) bond motifs is 1. The zero-order valence-corrected chi connectivity index (χ0v) is 9.46. The summed E-state index contributed by atoms with van der Waals surface area (Å²) in [5.74, 6) is 1.96. The number of nitrogens with zero attached hydrogens (tertiary/aromatic N) is 4. The lowest BCUT2D eigenvalue weighted by molar-refractivity contribution is 0.0987. The zero-order chi connectivity index (χ0) is 11.8. The number of Topliss-reactive ketones (excluding diaryl/α,β-unsaturated/α-hetero) is 1. The third-order valence-corrected chi connectivity index (χ3v) is 2.89. The molecule has 0 saturated heterocycles. The molecule has 1 aliphatic rings. The Balaban J connectivity index is 1.84. The molecule has 0 saturated carbocycles. The van der Waals surface area contributed by atoms with Gasteiger partial charge in [-0.2, -0.15) is 0 Å². The Morgan fingerprint density at radius 2 is 2.29 bits per heavy atom. The number of aromatic nitrogens is 3. The summed E-state index contributed by atoms with van der Waals surface area (Å²) in [6, 6.07) is 3.53. The van der Waals surface area contributed by atoms with Gasteiger partial charge in [0.2, 0.25) is 0 Å². The van der Waals surface area contributed by atoms with Crippen molar-refractivity contribution in [1.29, 1.82) is 0 Å². The van der Waals surface area contributed by atoms with Gasteiger partial charge in [-0.1, -0.05) is 0 Å². The fraction of sp³-hybridized carbons (Fsp3) is 0.364. The number of hydrogen-bond acceptors (Lipinski definition) is 5. The van der Waals surface area contributed by atoms with Crippen molar-refractivity contribution in [2.45, 2.75) is 20.0 Å². The lowest BCUT2D eigenvalue weighted by atomic mass is 10.3. The van der Waals surface area contributed by atoms with Crippen molar-refractivity contribution in [3.63, 3.8) is 0 Å². The van der Waals surface area contributed by atoms with Gasteiger partial charge >= 0.3 is 0 Å². The summed E-state index contributed by atoms with van der Waals surface area (Å²) >= 11 is 0. The highest BCUT2D eigenvalue weighted by Crippen LogP contribution is 2.22. The maximum atomic E-state index is 11.2. The molecule has 3 heterocycles. The predicted molar refractivity (Wildman–Crippen MR) is 59.8 cm³/mol. The molecule has 0 bridgehead atoms. The van der Waals surface area contributed by atoms with E-state index >= 15 is 0 Å². The molecule has 0 atom stereocenters. The Kier molecular flexibility index (Phi) is 2.21. The van der Waals surface area contributed by atoms with E-state index in [0.717, 1.165) is 18.9 Å². The first-order valence-corrected chi connectivity index (χ1v) is 5.46. The molecule has 3 rings (SSSR count). The van der Waals surface area contributed by atoms with Gasteiger partial charge in [0, 0.05) is 26.1 Å². The van der Waals surface area contributed by atoms with Crippen LogP contribution in [0.15, 0.2) is 22.9 Å². The van der Waals surface area contributed by atoms with Crippen LogP contribution >= 0.6 is 0 Å². The summed E-state index contributed by atoms with van der Waals surface area (Å²) in [4.78, 5) is 13.2. The van der Waals surface area contributed by atoms with Crippen molar-refractivity contribution < 1.29 is 9.21 Å². The normalized spacial score (nSPS) is 14.8. The second kappa shape index (κ2) is 3.73. The fourth-order valence-corrected chi connectivity index (χ4v) is 1.94. The molecule has 0 unspecified atom stereocenters. The second-order valence-corrected chi connectivity index (χ2v) is 4.06. The Morgan fingerprint density at radius 1 is 1.41 bits per heavy atom. The summed E-state index contributed by atoms with van der Waals surface area (Å²) in [7, 11) is 0. The minimum Gasteiger partial charge on any atom is -0.437 e. The van der Waals surface area contributed by atoms with E-state index in [1.165, 1.54) is 6.92 Å². The van der Waals surface area contributed by atoms with E-state index in [1.807, 2.05) is 10.6 Å². The number of ketones is 1. The molecular weight excluding hydrogens is 220 g/mol. The number of anilines is 1. The standard InChI is InChI=1S/C11H12N4O2/c1-8(16)9-2-3-11(17-9)14-4-5-15-7-12-13-10(15)6-14/h2-3,7H,4-6H2,1H3. The quantitative estimate of drug-likeness (QED) is 0.725. The third-order valence-electron chi connectivity index (χ3n) is 2.89. The van der Waals surface area contributed by atoms with Gasteiger partial charge in [-0.3, -0.25) is 4.79 Å². The van der Waals surface area contributed by atoms with E-state index in [4.69, 9.17) is 4.42 Å². The zero-order valence-electron chi connectivity index (χ0n) is 9.46. The molecule has 0 fully saturated rings. The first-order chi connectivity index (χ1) is 8.24. The molecular formula is C11H12N4O2. The van der Waals surface area contributed by atoms with Gasteiger partial charge < -0.3 is 13.9 Å². The largest absolute Gasteiger partial charge is 0.437 e. The first-order valence-electron chi connectivity index (χ1n) is 5.46. The molecule has 6 heteroatoms. The van der Waals surface area contributed by atoms with Crippen molar-refractivity contribution in [2.24, 2.45) is 0 Å². The molecule has 1 aliphatic heterocycles. The number of carbonyl (C=O) groups excluding carboxylic acids is 1. The monoisotopic (exact) mass is 232 g/mol. The number of carbonyl (C=O) groups is 1. The van der Waals surface area contributed by atoms with Crippen molar-refractivity contribution in [3.05, 3.63) is 30.0 Å². The summed E-state index contributed by atoms with van der Waals surface area (Å²) < 4.78 is 7.51. The van der Waals surface area contributed by atoms with Gasteiger partial charge in [0.05, 0.1) is 6.54 Å². The van der Waals surface area contributed by atoms with E-state index < -0.39 is 0 Å². The third kappa shape index (κ3) is 1.71. The van der Waals surface area contributed by atoms with Crippen LogP contribution < -0.4 is 4.90 Å². The minimum absolute atomic E-state index is 0.0589. The molecule has 88 valence electrons. The molecule has 2 aromatic heterocycles. The highest BCUT2D eigenvalue weighted by atomic mass is 16.4. The van der Waals surface area contributed by atoms with Crippen LogP contribution in [0.25, 0.3) is 0 Å². The van der Waals surface area contributed by atoms with E-state index in [9.17, 15) is 4.79 Å². The number of rotatable bonds is 2. The van der Waals surface area contributed by atoms with Crippen LogP contribution in [0, 0.1) is 0 Å². The Hall–Kier alpha value is -2.11. The highest BCUT2D eigenvalue weighted by molar-refractivity contribution is 5.91. The van der Waals surface area contributed by atoms with Gasteiger partial charge in [0.15, 0.2) is 23.3 Å². The van der Waals surface area contributed by atoms with Crippen molar-refractivity contribution >= 4 is 11.7 Å². The molecule has 0 aromatic carbocycles. The smallest absolute Gasteiger partial charge is 0.196 e. The summed E-state index contributed by atoms with van der Waals surface area (Å²) in [6.45, 7) is 3.81. The Morgan fingerprint density at radius 3 is 3.06 bits per heavy atom. The summed E-state index contributed by atoms with van der Waals surface area (Å²) in [5, 5.41) is 7.90. The van der Waals surface area contributed by atoms with Gasteiger partial charge in [-0.25, -0.2) is 0 Å². The average molecular weight is 232 g/mol. The molecule has 0 amide bonds. The van der Waals surface area contributed by atoms with E-state index in [2.05, 4.69) is 15.1 Å². The van der Waals surface area contributed by atoms with Crippen LogP contribution in [0.1, 0.15) is 23.3 Å². The molecule has 0 radical (unpaired) electrons. The van der Waals surface area contributed by atoms with Gasteiger partial charge in [-0.05, 0) is 6.07 Å². The minimum atomic E-state index is -0.0589. The number of hydrogen-bond donors (Lipinski definition) is 0. The highest BCUT2D eigenvalue weighted by Gasteiger charge is 2.20. The lowest BCUT2D eigenvalue weighted by Crippen LogP contribution is -2.33. The predicted octanol–water partition coefficient (Wildman–Crippen LogP) is 1.09. The van der Waals surface area contributed by atoms with Crippen molar-refractivity contribution in [1.82, 2.24) is 14.8 Å². The van der Waals surface area contributed by atoms with Gasteiger partial charge in [0.1, 0.15) is 6.33 Å². The SMILES string of the molecule is CC(=O)c1ccc(N2CCn3cnnc3C2)o1. The molecule has 17 heavy (non-hydrogen) atoms. The summed E-state index contributed by atoms with van der Waals surface area (Å²) in [5.41, 5.74) is 0. The van der Waals surface area contributed by atoms with Crippen LogP contribution in [0.3, 0.4) is 0 Å². The topological polar surface area (TPSA) is 64.2 Å². The van der Waals surface area contributed by atoms with Crippen LogP contribution in [-0.2, 0) is 13.1 Å². The van der Waals surface area contributed by atoms with Crippen molar-refractivity contribution in [3.8, 4) is 0 Å². The van der Waals surface area contributed by atoms with Gasteiger partial charge in [-0.15, -0.1) is 10.2 Å².